The Morgan fingerprint density at radius 2 is 1.75 bits per heavy atom. The molecule has 1 N–H and O–H groups in total. The van der Waals surface area contributed by atoms with Gasteiger partial charge in [-0.15, -0.1) is 0 Å². The average Bonchev–Trinajstić information content (AvgIpc) is 2.67. The minimum Gasteiger partial charge on any atom is -0.354 e. The zero-order chi connectivity index (χ0) is 20.1. The molecule has 1 saturated heterocycles. The van der Waals surface area contributed by atoms with Gasteiger partial charge in [0, 0.05) is 29.5 Å². The maximum atomic E-state index is 12.8. The van der Waals surface area contributed by atoms with E-state index in [9.17, 15) is 9.59 Å². The van der Waals surface area contributed by atoms with E-state index in [0.29, 0.717) is 21.7 Å². The summed E-state index contributed by atoms with van der Waals surface area (Å²) < 4.78 is 0. The van der Waals surface area contributed by atoms with E-state index >= 15 is 0 Å². The molecule has 1 amide bonds. The van der Waals surface area contributed by atoms with Crippen molar-refractivity contribution >= 4 is 34.9 Å². The van der Waals surface area contributed by atoms with Gasteiger partial charge < -0.3 is 10.2 Å². The third-order valence-corrected chi connectivity index (χ3v) is 6.81. The maximum absolute atomic E-state index is 12.8. The van der Waals surface area contributed by atoms with Gasteiger partial charge in [0.05, 0.1) is 5.02 Å². The van der Waals surface area contributed by atoms with Gasteiger partial charge in [0.25, 0.3) is 0 Å². The molecule has 0 unspecified atom stereocenters. The first-order valence-electron chi connectivity index (χ1n) is 10.4. The molecule has 2 aliphatic rings. The van der Waals surface area contributed by atoms with E-state index < -0.39 is 0 Å². The second kappa shape index (κ2) is 10.1. The number of nitrogens with one attached hydrogen (secondary N) is 1. The zero-order valence-corrected chi connectivity index (χ0v) is 18.1. The summed E-state index contributed by atoms with van der Waals surface area (Å²) in [6.45, 7) is 4.66. The van der Waals surface area contributed by atoms with E-state index in [0.717, 1.165) is 51.2 Å². The van der Waals surface area contributed by atoms with Crippen LogP contribution < -0.4 is 5.32 Å². The molecule has 1 aromatic carbocycles. The summed E-state index contributed by atoms with van der Waals surface area (Å²) in [6, 6.07) is 5.49. The van der Waals surface area contributed by atoms with E-state index in [1.165, 1.54) is 19.3 Å². The van der Waals surface area contributed by atoms with Gasteiger partial charge in [-0.2, -0.15) is 0 Å². The molecule has 0 spiro atoms. The Balaban J connectivity index is 1.39. The summed E-state index contributed by atoms with van der Waals surface area (Å²) in [6.07, 6.45) is 7.61. The third kappa shape index (κ3) is 5.95. The quantitative estimate of drug-likeness (QED) is 0.655. The van der Waals surface area contributed by atoms with Gasteiger partial charge in [0.15, 0.2) is 5.78 Å². The van der Waals surface area contributed by atoms with E-state index in [4.69, 9.17) is 23.2 Å². The monoisotopic (exact) mass is 424 g/mol. The second-order valence-electron chi connectivity index (χ2n) is 8.31. The van der Waals surface area contributed by atoms with Crippen LogP contribution in [0.25, 0.3) is 0 Å². The summed E-state index contributed by atoms with van der Waals surface area (Å²) in [5.41, 5.74) is 0.598. The molecule has 0 radical (unpaired) electrons. The van der Waals surface area contributed by atoms with E-state index in [2.05, 4.69) is 10.2 Å². The molecule has 1 aliphatic heterocycles. The number of piperidine rings is 1. The Morgan fingerprint density at radius 1 is 1.07 bits per heavy atom. The van der Waals surface area contributed by atoms with Crippen molar-refractivity contribution in [1.29, 1.82) is 0 Å². The lowest BCUT2D eigenvalue weighted by molar-refractivity contribution is -0.119. The first kappa shape index (κ1) is 21.6. The number of hydrogen-bond acceptors (Lipinski definition) is 3. The summed E-state index contributed by atoms with van der Waals surface area (Å²) >= 11 is 12.1. The van der Waals surface area contributed by atoms with Crippen LogP contribution in [-0.2, 0) is 4.79 Å². The average molecular weight is 425 g/mol. The van der Waals surface area contributed by atoms with Gasteiger partial charge in [-0.1, -0.05) is 23.2 Å². The number of amides is 1. The van der Waals surface area contributed by atoms with Gasteiger partial charge in [-0.05, 0) is 88.7 Å². The van der Waals surface area contributed by atoms with Crippen LogP contribution in [0.4, 0.5) is 0 Å². The van der Waals surface area contributed by atoms with Crippen LogP contribution in [0.1, 0.15) is 62.2 Å². The minimum absolute atomic E-state index is 0.0584. The van der Waals surface area contributed by atoms with Crippen molar-refractivity contribution in [2.75, 3.05) is 19.6 Å². The highest BCUT2D eigenvalue weighted by Gasteiger charge is 2.28. The van der Waals surface area contributed by atoms with Gasteiger partial charge >= 0.3 is 0 Å². The number of carbonyl (C=O) groups is 2. The Kier molecular flexibility index (Phi) is 7.78. The van der Waals surface area contributed by atoms with Crippen LogP contribution >= 0.6 is 23.2 Å². The fraction of sp³-hybridized carbons (Fsp3) is 0.636. The first-order chi connectivity index (χ1) is 13.4. The Morgan fingerprint density at radius 3 is 2.36 bits per heavy atom. The standard InChI is InChI=1S/C22H30Cl2N2O2/c1-15(27)25-19-5-2-16(3-6-19)8-11-26-12-9-17(10-13-26)22(28)20-7-4-18(23)14-21(20)24/h4,7,14,16-17,19H,2-3,5-6,8-13H2,1H3,(H,25,27). The number of Topliss-reactive ketones (excluding diaryl/α,β-unsaturated/α-hetero) is 1. The smallest absolute Gasteiger partial charge is 0.217 e. The van der Waals surface area contributed by atoms with E-state index in [1.807, 2.05) is 0 Å². The normalized spacial score (nSPS) is 24.1. The first-order valence-corrected chi connectivity index (χ1v) is 11.2. The molecular weight excluding hydrogens is 395 g/mol. The van der Waals surface area contributed by atoms with Crippen LogP contribution in [0.2, 0.25) is 10.0 Å². The summed E-state index contributed by atoms with van der Waals surface area (Å²) in [4.78, 5) is 26.4. The Bertz CT molecular complexity index is 694. The van der Waals surface area contributed by atoms with Gasteiger partial charge in [0.2, 0.25) is 5.91 Å². The molecule has 0 aromatic heterocycles. The largest absolute Gasteiger partial charge is 0.354 e. The highest BCUT2D eigenvalue weighted by Crippen LogP contribution is 2.30. The fourth-order valence-electron chi connectivity index (χ4n) is 4.58. The van der Waals surface area contributed by atoms with Crippen molar-refractivity contribution in [3.05, 3.63) is 33.8 Å². The van der Waals surface area contributed by atoms with Crippen LogP contribution in [0.15, 0.2) is 18.2 Å². The molecule has 154 valence electrons. The zero-order valence-electron chi connectivity index (χ0n) is 16.6. The predicted octanol–water partition coefficient (Wildman–Crippen LogP) is 4.97. The Labute approximate surface area is 177 Å². The number of carbonyl (C=O) groups excluding carboxylic acids is 2. The number of halogens is 2. The van der Waals surface area contributed by atoms with Crippen LogP contribution in [0, 0.1) is 11.8 Å². The van der Waals surface area contributed by atoms with Crippen molar-refractivity contribution in [3.63, 3.8) is 0 Å². The van der Waals surface area contributed by atoms with Crippen molar-refractivity contribution in [2.45, 2.75) is 57.9 Å². The van der Waals surface area contributed by atoms with Gasteiger partial charge in [0.1, 0.15) is 0 Å². The van der Waals surface area contributed by atoms with Crippen molar-refractivity contribution in [1.82, 2.24) is 10.2 Å². The van der Waals surface area contributed by atoms with Gasteiger partial charge in [-0.3, -0.25) is 9.59 Å². The molecule has 1 aliphatic carbocycles. The lowest BCUT2D eigenvalue weighted by atomic mass is 9.83. The lowest BCUT2D eigenvalue weighted by Crippen LogP contribution is -2.39. The van der Waals surface area contributed by atoms with E-state index in [-0.39, 0.29) is 17.6 Å². The molecule has 1 aromatic rings. The van der Waals surface area contributed by atoms with Crippen molar-refractivity contribution in [2.24, 2.45) is 11.8 Å². The number of rotatable bonds is 6. The summed E-state index contributed by atoms with van der Waals surface area (Å²) in [7, 11) is 0. The molecule has 1 heterocycles. The van der Waals surface area contributed by atoms with Crippen molar-refractivity contribution in [3.8, 4) is 0 Å². The lowest BCUT2D eigenvalue weighted by Gasteiger charge is -2.34. The molecule has 0 bridgehead atoms. The molecule has 0 atom stereocenters. The molecule has 4 nitrogen and oxygen atoms in total. The number of nitrogens with zero attached hydrogens (tertiary/aromatic N) is 1. The highest BCUT2D eigenvalue weighted by atomic mass is 35.5. The van der Waals surface area contributed by atoms with Crippen LogP contribution in [0.3, 0.4) is 0 Å². The minimum atomic E-state index is 0.0584. The second-order valence-corrected chi connectivity index (χ2v) is 9.15. The molecular formula is C22H30Cl2N2O2. The SMILES string of the molecule is CC(=O)NC1CCC(CCN2CCC(C(=O)c3ccc(Cl)cc3Cl)CC2)CC1. The number of ketones is 1. The highest BCUT2D eigenvalue weighted by molar-refractivity contribution is 6.36. The molecule has 6 heteroatoms. The topological polar surface area (TPSA) is 49.4 Å². The number of benzene rings is 1. The van der Waals surface area contributed by atoms with Crippen LogP contribution in [-0.4, -0.2) is 42.3 Å². The van der Waals surface area contributed by atoms with Crippen LogP contribution in [0.5, 0.6) is 0 Å². The fourth-order valence-corrected chi connectivity index (χ4v) is 5.08. The predicted molar refractivity (Wildman–Crippen MR) is 114 cm³/mol. The maximum Gasteiger partial charge on any atom is 0.217 e. The molecule has 1 saturated carbocycles. The van der Waals surface area contributed by atoms with Crippen molar-refractivity contribution < 1.29 is 9.59 Å². The Hall–Kier alpha value is -1.10. The summed E-state index contributed by atoms with van der Waals surface area (Å²) in [5.74, 6) is 1.05. The van der Waals surface area contributed by atoms with Gasteiger partial charge in [-0.25, -0.2) is 0 Å². The number of likely N-dealkylation sites (tertiary alicyclic amines) is 1. The molecule has 3 rings (SSSR count). The molecule has 28 heavy (non-hydrogen) atoms. The summed E-state index contributed by atoms with van der Waals surface area (Å²) in [5, 5.41) is 4.06. The molecule has 2 fully saturated rings. The van der Waals surface area contributed by atoms with E-state index in [1.54, 1.807) is 25.1 Å². The third-order valence-electron chi connectivity index (χ3n) is 6.26. The number of hydrogen-bond donors (Lipinski definition) is 1.